The number of nitrogens with zero attached hydrogens (tertiary/aromatic N) is 2. The third kappa shape index (κ3) is 4.90. The Bertz CT molecular complexity index is 1150. The van der Waals surface area contributed by atoms with Crippen LogP contribution in [0.1, 0.15) is 29.0 Å². The van der Waals surface area contributed by atoms with Crippen LogP contribution in [-0.2, 0) is 15.1 Å². The number of hydrogen-bond acceptors (Lipinski definition) is 8. The fraction of sp³-hybridized carbons (Fsp3) is 0.423. The average molecular weight is 530 g/mol. The summed E-state index contributed by atoms with van der Waals surface area (Å²) in [5.41, 5.74) is -1.77. The van der Waals surface area contributed by atoms with E-state index >= 15 is 0 Å². The molecule has 10 heteroatoms. The quantitative estimate of drug-likeness (QED) is 0.136. The Balaban J connectivity index is 1.21. The van der Waals surface area contributed by atoms with Crippen LogP contribution < -0.4 is 4.74 Å². The molecular formula is C26H29N2O6S2+. The number of piperidine rings is 3. The SMILES string of the molecule is O=C(OC1C[N+]2(CCCOc3cccc([N+](=O)[O-])c3)CCC1CC2)C(O)(c1cccs1)c1cccs1. The Morgan fingerprint density at radius 3 is 2.42 bits per heavy atom. The fourth-order valence-electron chi connectivity index (χ4n) is 5.46. The summed E-state index contributed by atoms with van der Waals surface area (Å²) < 4.78 is 12.7. The van der Waals surface area contributed by atoms with Gasteiger partial charge in [-0.2, -0.15) is 0 Å². The molecule has 3 aliphatic heterocycles. The number of ether oxygens (including phenoxy) is 2. The van der Waals surface area contributed by atoms with Crippen molar-refractivity contribution in [2.24, 2.45) is 5.92 Å². The maximum atomic E-state index is 13.5. The van der Waals surface area contributed by atoms with Crippen LogP contribution >= 0.6 is 22.7 Å². The van der Waals surface area contributed by atoms with Gasteiger partial charge in [-0.05, 0) is 29.0 Å². The van der Waals surface area contributed by atoms with Crippen molar-refractivity contribution in [1.29, 1.82) is 0 Å². The third-order valence-corrected chi connectivity index (χ3v) is 9.38. The lowest BCUT2D eigenvalue weighted by Gasteiger charge is -2.52. The number of hydrogen-bond donors (Lipinski definition) is 1. The topological polar surface area (TPSA) is 98.9 Å². The average Bonchev–Trinajstić information content (AvgIpc) is 3.63. The number of nitro benzene ring substituents is 1. The van der Waals surface area contributed by atoms with Gasteiger partial charge in [0.1, 0.15) is 12.3 Å². The smallest absolute Gasteiger partial charge is 0.349 e. The molecule has 1 unspecified atom stereocenters. The van der Waals surface area contributed by atoms with E-state index in [1.165, 1.54) is 34.8 Å². The molecule has 1 aromatic carbocycles. The van der Waals surface area contributed by atoms with Crippen molar-refractivity contribution in [2.45, 2.75) is 31.0 Å². The van der Waals surface area contributed by atoms with E-state index in [4.69, 9.17) is 9.47 Å². The molecular weight excluding hydrogens is 500 g/mol. The Labute approximate surface area is 217 Å². The highest BCUT2D eigenvalue weighted by atomic mass is 32.1. The van der Waals surface area contributed by atoms with Crippen LogP contribution in [0, 0.1) is 16.0 Å². The Morgan fingerprint density at radius 1 is 1.11 bits per heavy atom. The molecule has 0 radical (unpaired) electrons. The van der Waals surface area contributed by atoms with E-state index in [9.17, 15) is 20.0 Å². The highest BCUT2D eigenvalue weighted by molar-refractivity contribution is 7.12. The lowest BCUT2D eigenvalue weighted by atomic mass is 9.83. The molecule has 0 spiro atoms. The van der Waals surface area contributed by atoms with Gasteiger partial charge in [0.15, 0.2) is 6.10 Å². The number of rotatable bonds is 10. The molecule has 6 rings (SSSR count). The molecule has 2 aromatic heterocycles. The number of nitro groups is 1. The lowest BCUT2D eigenvalue weighted by molar-refractivity contribution is -0.946. The zero-order valence-electron chi connectivity index (χ0n) is 19.8. The van der Waals surface area contributed by atoms with Crippen LogP contribution in [0.4, 0.5) is 5.69 Å². The fourth-order valence-corrected chi connectivity index (χ4v) is 7.17. The summed E-state index contributed by atoms with van der Waals surface area (Å²) in [6, 6.07) is 13.4. The molecule has 1 N–H and O–H groups in total. The van der Waals surface area contributed by atoms with Crippen LogP contribution in [0.2, 0.25) is 0 Å². The monoisotopic (exact) mass is 529 g/mol. The number of thiophene rings is 2. The van der Waals surface area contributed by atoms with Gasteiger partial charge < -0.3 is 19.1 Å². The standard InChI is InChI=1S/C26H29N2O6S2/c29-25(26(30,23-7-2-15-35-23)24-8-3-16-36-24)34-22-18-28(12-9-19(22)10-13-28)11-4-14-33-21-6-1-5-20(17-21)27(31)32/h1-3,5-8,15-17,19,22,30H,4,9-14,18H2/q+1. The number of carbonyl (C=O) groups is 1. The molecule has 3 aliphatic rings. The van der Waals surface area contributed by atoms with E-state index in [1.807, 2.05) is 22.9 Å². The van der Waals surface area contributed by atoms with Crippen molar-refractivity contribution in [3.8, 4) is 5.75 Å². The first-order valence-electron chi connectivity index (χ1n) is 12.1. The first-order valence-corrected chi connectivity index (χ1v) is 13.9. The number of non-ortho nitro benzene ring substituents is 1. The number of aliphatic hydroxyl groups is 1. The summed E-state index contributed by atoms with van der Waals surface area (Å²) in [6.07, 6.45) is 2.53. The molecule has 5 heterocycles. The molecule has 3 fully saturated rings. The van der Waals surface area contributed by atoms with Gasteiger partial charge in [-0.3, -0.25) is 10.1 Å². The van der Waals surface area contributed by atoms with Gasteiger partial charge in [-0.1, -0.05) is 18.2 Å². The molecule has 1 atom stereocenters. The number of esters is 1. The van der Waals surface area contributed by atoms with Crippen molar-refractivity contribution in [3.05, 3.63) is 79.2 Å². The second-order valence-corrected chi connectivity index (χ2v) is 11.5. The first kappa shape index (κ1) is 24.9. The van der Waals surface area contributed by atoms with Crippen molar-refractivity contribution >= 4 is 34.3 Å². The summed E-state index contributed by atoms with van der Waals surface area (Å²) in [5.74, 6) is 0.207. The van der Waals surface area contributed by atoms with E-state index in [0.29, 0.717) is 28.0 Å². The van der Waals surface area contributed by atoms with Crippen LogP contribution in [0.25, 0.3) is 0 Å². The zero-order chi connectivity index (χ0) is 25.2. The van der Waals surface area contributed by atoms with Crippen molar-refractivity contribution in [2.75, 3.05) is 32.8 Å². The molecule has 0 amide bonds. The minimum Gasteiger partial charge on any atom is -0.493 e. The van der Waals surface area contributed by atoms with Gasteiger partial charge >= 0.3 is 5.97 Å². The van der Waals surface area contributed by atoms with E-state index < -0.39 is 16.5 Å². The zero-order valence-corrected chi connectivity index (χ0v) is 21.4. The maximum Gasteiger partial charge on any atom is 0.349 e. The first-order chi connectivity index (χ1) is 17.4. The van der Waals surface area contributed by atoms with Crippen LogP contribution in [0.5, 0.6) is 5.75 Å². The number of fused-ring (bicyclic) bond motifs is 3. The Hall–Kier alpha value is -2.79. The minimum absolute atomic E-state index is 0.0159. The number of benzene rings is 1. The Morgan fingerprint density at radius 2 is 1.81 bits per heavy atom. The summed E-state index contributed by atoms with van der Waals surface area (Å²) in [4.78, 5) is 25.2. The maximum absolute atomic E-state index is 13.5. The number of quaternary nitrogens is 1. The summed E-state index contributed by atoms with van der Waals surface area (Å²) in [6.45, 7) is 4.16. The van der Waals surface area contributed by atoms with Gasteiger partial charge in [0, 0.05) is 31.2 Å². The molecule has 0 saturated carbocycles. The van der Waals surface area contributed by atoms with Crippen LogP contribution in [0.15, 0.2) is 59.3 Å². The second-order valence-electron chi connectivity index (χ2n) is 9.60. The predicted molar refractivity (Wildman–Crippen MR) is 137 cm³/mol. The van der Waals surface area contributed by atoms with Gasteiger partial charge in [-0.15, -0.1) is 22.7 Å². The van der Waals surface area contributed by atoms with Crippen LogP contribution in [0.3, 0.4) is 0 Å². The van der Waals surface area contributed by atoms with E-state index in [0.717, 1.165) is 49.9 Å². The summed E-state index contributed by atoms with van der Waals surface area (Å²) >= 11 is 2.70. The second kappa shape index (κ2) is 10.3. The molecule has 2 bridgehead atoms. The lowest BCUT2D eigenvalue weighted by Crippen LogP contribution is -2.65. The third-order valence-electron chi connectivity index (χ3n) is 7.42. The van der Waals surface area contributed by atoms with Gasteiger partial charge in [0.05, 0.1) is 47.0 Å². The van der Waals surface area contributed by atoms with Gasteiger partial charge in [-0.25, -0.2) is 4.79 Å². The highest BCUT2D eigenvalue weighted by Crippen LogP contribution is 2.40. The van der Waals surface area contributed by atoms with Crippen molar-refractivity contribution < 1.29 is 28.8 Å². The van der Waals surface area contributed by atoms with Gasteiger partial charge in [0.2, 0.25) is 5.60 Å². The van der Waals surface area contributed by atoms with Gasteiger partial charge in [0.25, 0.3) is 5.69 Å². The predicted octanol–water partition coefficient (Wildman–Crippen LogP) is 4.58. The van der Waals surface area contributed by atoms with E-state index in [2.05, 4.69) is 0 Å². The molecule has 190 valence electrons. The highest BCUT2D eigenvalue weighted by Gasteiger charge is 2.51. The number of carbonyl (C=O) groups excluding carboxylic acids is 1. The Kier molecular flexibility index (Phi) is 7.11. The summed E-state index contributed by atoms with van der Waals surface area (Å²) in [7, 11) is 0. The largest absolute Gasteiger partial charge is 0.493 e. The van der Waals surface area contributed by atoms with Crippen LogP contribution in [-0.4, -0.2) is 59.4 Å². The van der Waals surface area contributed by atoms with E-state index in [-0.39, 0.29) is 11.8 Å². The molecule has 3 saturated heterocycles. The minimum atomic E-state index is -1.79. The summed E-state index contributed by atoms with van der Waals surface area (Å²) in [5, 5.41) is 26.3. The van der Waals surface area contributed by atoms with Crippen molar-refractivity contribution in [3.63, 3.8) is 0 Å². The molecule has 36 heavy (non-hydrogen) atoms. The van der Waals surface area contributed by atoms with Crippen molar-refractivity contribution in [1.82, 2.24) is 0 Å². The normalized spacial score (nSPS) is 23.4. The molecule has 0 aliphatic carbocycles. The van der Waals surface area contributed by atoms with E-state index in [1.54, 1.807) is 24.3 Å². The molecule has 3 aromatic rings. The molecule has 8 nitrogen and oxygen atoms in total.